The molecule has 5 rings (SSSR count). The number of rotatable bonds is 4. The van der Waals surface area contributed by atoms with E-state index >= 15 is 0 Å². The van der Waals surface area contributed by atoms with Crippen molar-refractivity contribution < 1.29 is 31.9 Å². The van der Waals surface area contributed by atoms with Crippen LogP contribution in [0, 0.1) is 0 Å². The van der Waals surface area contributed by atoms with Crippen molar-refractivity contribution in [1.29, 1.82) is 0 Å². The predicted octanol–water partition coefficient (Wildman–Crippen LogP) is 5.41. The van der Waals surface area contributed by atoms with Gasteiger partial charge < -0.3 is 10.4 Å². The fraction of sp³-hybridized carbons (Fsp3) is 0.391. The Kier molecular flexibility index (Phi) is 5.33. The lowest BCUT2D eigenvalue weighted by atomic mass is 9.65. The molecule has 0 bridgehead atoms. The number of benzene rings is 1. The van der Waals surface area contributed by atoms with Crippen LogP contribution in [-0.4, -0.2) is 31.5 Å². The number of nitrogens with zero attached hydrogens (tertiary/aromatic N) is 3. The van der Waals surface area contributed by atoms with Gasteiger partial charge >= 0.3 is 12.1 Å². The number of hydrogen-bond acceptors (Lipinski definition) is 5. The van der Waals surface area contributed by atoms with Gasteiger partial charge in [-0.15, -0.1) is 0 Å². The lowest BCUT2D eigenvalue weighted by molar-refractivity contribution is -0.137. The van der Waals surface area contributed by atoms with E-state index in [9.17, 15) is 36.6 Å². The maximum absolute atomic E-state index is 13.8. The number of hydrogen-bond donors (Lipinski definition) is 2. The number of alkyl halides is 5. The summed E-state index contributed by atoms with van der Waals surface area (Å²) in [7, 11) is 0. The lowest BCUT2D eigenvalue weighted by Crippen LogP contribution is -2.49. The maximum atomic E-state index is 13.8. The van der Waals surface area contributed by atoms with Crippen molar-refractivity contribution in [1.82, 2.24) is 14.5 Å². The van der Waals surface area contributed by atoms with E-state index in [1.807, 2.05) is 0 Å². The van der Waals surface area contributed by atoms with Gasteiger partial charge in [-0.3, -0.25) is 9.36 Å². The predicted molar refractivity (Wildman–Crippen MR) is 120 cm³/mol. The Morgan fingerprint density at radius 1 is 1.22 bits per heavy atom. The molecule has 0 saturated heterocycles. The molecule has 1 fully saturated rings. The third-order valence-electron chi connectivity index (χ3n) is 6.80. The second-order valence-corrected chi connectivity index (χ2v) is 9.68. The highest BCUT2D eigenvalue weighted by Crippen LogP contribution is 2.57. The molecule has 1 aliphatic carbocycles. The number of aromatic nitrogens is 3. The van der Waals surface area contributed by atoms with E-state index in [2.05, 4.69) is 15.3 Å². The molecule has 1 spiro atoms. The molecule has 1 saturated carbocycles. The van der Waals surface area contributed by atoms with Crippen molar-refractivity contribution in [3.05, 3.63) is 62.4 Å². The molecule has 2 N–H and O–H groups in total. The summed E-state index contributed by atoms with van der Waals surface area (Å²) in [6.45, 7) is 1.56. The zero-order chi connectivity index (χ0) is 26.2. The molecule has 1 atom stereocenters. The second kappa shape index (κ2) is 7.86. The van der Waals surface area contributed by atoms with Crippen LogP contribution >= 0.6 is 11.6 Å². The number of halogens is 6. The first-order chi connectivity index (χ1) is 16.7. The molecule has 3 heterocycles. The van der Waals surface area contributed by atoms with Crippen LogP contribution in [0.25, 0.3) is 10.9 Å². The summed E-state index contributed by atoms with van der Waals surface area (Å²) in [5.41, 5.74) is -3.40. The number of nitrogens with one attached hydrogen (secondary N) is 1. The minimum Gasteiger partial charge on any atom is -0.476 e. The zero-order valence-electron chi connectivity index (χ0n) is 18.6. The monoisotopic (exact) mass is 528 g/mol. The Morgan fingerprint density at radius 3 is 2.53 bits per heavy atom. The minimum absolute atomic E-state index is 0.0158. The molecule has 1 aliphatic heterocycles. The molecule has 0 unspecified atom stereocenters. The van der Waals surface area contributed by atoms with E-state index in [0.717, 1.165) is 6.07 Å². The highest BCUT2D eigenvalue weighted by molar-refractivity contribution is 6.29. The molecule has 13 heteroatoms. The topological polar surface area (TPSA) is 97.1 Å². The minimum atomic E-state index is -4.79. The highest BCUT2D eigenvalue weighted by atomic mass is 35.5. The van der Waals surface area contributed by atoms with Gasteiger partial charge in [0, 0.05) is 30.4 Å². The molecule has 2 aliphatic rings. The zero-order valence-corrected chi connectivity index (χ0v) is 19.3. The Morgan fingerprint density at radius 2 is 1.92 bits per heavy atom. The van der Waals surface area contributed by atoms with Gasteiger partial charge in [0.25, 0.3) is 5.56 Å². The summed E-state index contributed by atoms with van der Waals surface area (Å²) in [6, 6.07) is 3.18. The first-order valence-corrected chi connectivity index (χ1v) is 11.3. The van der Waals surface area contributed by atoms with Gasteiger partial charge in [0.15, 0.2) is 5.69 Å². The Balaban J connectivity index is 1.69. The molecule has 2 aromatic heterocycles. The number of carboxylic acid groups (broad SMARTS) is 1. The lowest BCUT2D eigenvalue weighted by Gasteiger charge is -2.43. The van der Waals surface area contributed by atoms with Crippen molar-refractivity contribution in [2.24, 2.45) is 0 Å². The van der Waals surface area contributed by atoms with E-state index in [1.54, 1.807) is 0 Å². The van der Waals surface area contributed by atoms with Crippen LogP contribution in [-0.2, 0) is 18.1 Å². The smallest absolute Gasteiger partial charge is 0.416 e. The highest BCUT2D eigenvalue weighted by Gasteiger charge is 2.61. The number of carbonyl (C=O) groups is 1. The molecule has 7 nitrogen and oxygen atoms in total. The first kappa shape index (κ1) is 24.4. The van der Waals surface area contributed by atoms with Crippen LogP contribution in [0.3, 0.4) is 0 Å². The number of carboxylic acids is 1. The fourth-order valence-corrected chi connectivity index (χ4v) is 5.34. The molecule has 0 radical (unpaired) electrons. The molecule has 36 heavy (non-hydrogen) atoms. The second-order valence-electron chi connectivity index (χ2n) is 9.29. The van der Waals surface area contributed by atoms with Gasteiger partial charge in [0.05, 0.1) is 28.2 Å². The first-order valence-electron chi connectivity index (χ1n) is 10.9. The fourth-order valence-electron chi connectivity index (χ4n) is 5.20. The average Bonchev–Trinajstić information content (AvgIpc) is 3.11. The van der Waals surface area contributed by atoms with Gasteiger partial charge in [-0.1, -0.05) is 11.6 Å². The van der Waals surface area contributed by atoms with Gasteiger partial charge in [-0.05, 0) is 37.6 Å². The molecule has 1 aromatic carbocycles. The summed E-state index contributed by atoms with van der Waals surface area (Å²) in [5.74, 6) is -4.17. The third-order valence-corrected chi connectivity index (χ3v) is 7.01. The van der Waals surface area contributed by atoms with Crippen LogP contribution in [0.2, 0.25) is 5.15 Å². The summed E-state index contributed by atoms with van der Waals surface area (Å²) >= 11 is 5.77. The van der Waals surface area contributed by atoms with Crippen LogP contribution in [0.4, 0.5) is 27.6 Å². The molecule has 3 aromatic rings. The summed E-state index contributed by atoms with van der Waals surface area (Å²) < 4.78 is 70.0. The number of anilines is 1. The van der Waals surface area contributed by atoms with Gasteiger partial charge in [-0.2, -0.15) is 13.2 Å². The van der Waals surface area contributed by atoms with Crippen molar-refractivity contribution in [2.75, 3.05) is 5.32 Å². The quantitative estimate of drug-likeness (QED) is 0.347. The Bertz CT molecular complexity index is 1480. The number of aromatic carboxylic acids is 1. The van der Waals surface area contributed by atoms with Crippen LogP contribution in [0.5, 0.6) is 0 Å². The summed E-state index contributed by atoms with van der Waals surface area (Å²) in [4.78, 5) is 33.1. The van der Waals surface area contributed by atoms with E-state index in [4.69, 9.17) is 11.6 Å². The Labute approximate surface area is 204 Å². The molecule has 0 amide bonds. The van der Waals surface area contributed by atoms with E-state index in [-0.39, 0.29) is 46.1 Å². The summed E-state index contributed by atoms with van der Waals surface area (Å²) in [5, 5.41) is 11.9. The van der Waals surface area contributed by atoms with E-state index in [0.29, 0.717) is 6.07 Å². The maximum Gasteiger partial charge on any atom is 0.416 e. The standard InChI is InChI=1S/C23H18ClF5N4O3/c1-10(30-14-2-3-15(24)31-17(14)19(35)36)12-6-11(23(27,28)29)7-13-16(12)32-20-21(8-22(25,26)9-21)4-5-33(20)18(13)34/h2-3,6-7,10,30H,4-5,8-9H2,1H3,(H,35,36)/t10-/m1/s1. The van der Waals surface area contributed by atoms with Gasteiger partial charge in [0.2, 0.25) is 5.92 Å². The van der Waals surface area contributed by atoms with Crippen LogP contribution in [0.1, 0.15) is 59.7 Å². The van der Waals surface area contributed by atoms with E-state index in [1.165, 1.54) is 23.6 Å². The Hall–Kier alpha value is -3.28. The van der Waals surface area contributed by atoms with E-state index < -0.39 is 59.2 Å². The van der Waals surface area contributed by atoms with Gasteiger partial charge in [0.1, 0.15) is 11.0 Å². The van der Waals surface area contributed by atoms with Crippen molar-refractivity contribution in [3.63, 3.8) is 0 Å². The summed E-state index contributed by atoms with van der Waals surface area (Å²) in [6.07, 6.45) is -5.51. The van der Waals surface area contributed by atoms with Crippen LogP contribution in [0.15, 0.2) is 29.1 Å². The largest absolute Gasteiger partial charge is 0.476 e. The number of fused-ring (bicyclic) bond motifs is 3. The number of pyridine rings is 1. The van der Waals surface area contributed by atoms with Crippen molar-refractivity contribution >= 4 is 34.2 Å². The molecular formula is C23H18ClF5N4O3. The normalized spacial score (nSPS) is 18.6. The average molecular weight is 529 g/mol. The molecule has 190 valence electrons. The van der Waals surface area contributed by atoms with Gasteiger partial charge in [-0.25, -0.2) is 23.5 Å². The van der Waals surface area contributed by atoms with Crippen molar-refractivity contribution in [3.8, 4) is 0 Å². The third kappa shape index (κ3) is 3.87. The van der Waals surface area contributed by atoms with Crippen molar-refractivity contribution in [2.45, 2.75) is 56.3 Å². The SMILES string of the molecule is C[C@@H](Nc1ccc(Cl)nc1C(=O)O)c1cc(C(F)(F)F)cc2c(=O)n3c(nc12)C1(CC3)CC(F)(F)C1. The molecular weight excluding hydrogens is 511 g/mol. The van der Waals surface area contributed by atoms with Crippen LogP contribution < -0.4 is 10.9 Å².